The van der Waals surface area contributed by atoms with Crippen LogP contribution in [0, 0.1) is 5.41 Å². The molecule has 5 nitrogen and oxygen atoms in total. The average Bonchev–Trinajstić information content (AvgIpc) is 2.50. The minimum atomic E-state index is -1.10. The molecule has 5 heteroatoms. The van der Waals surface area contributed by atoms with Crippen LogP contribution in [0.5, 0.6) is 0 Å². The number of carboxylic acids is 1. The molecule has 106 valence electrons. The van der Waals surface area contributed by atoms with E-state index in [1.165, 1.54) is 6.42 Å². The van der Waals surface area contributed by atoms with Crippen LogP contribution in [0.4, 0.5) is 0 Å². The van der Waals surface area contributed by atoms with Gasteiger partial charge in [-0.1, -0.05) is 6.42 Å². The fourth-order valence-corrected chi connectivity index (χ4v) is 3.85. The van der Waals surface area contributed by atoms with Crippen LogP contribution in [0.2, 0.25) is 0 Å². The van der Waals surface area contributed by atoms with Gasteiger partial charge < -0.3 is 10.0 Å². The molecule has 2 heterocycles. The third-order valence-corrected chi connectivity index (χ3v) is 5.46. The lowest BCUT2D eigenvalue weighted by Gasteiger charge is -2.40. The number of hydrogen-bond donors (Lipinski definition) is 1. The zero-order valence-corrected chi connectivity index (χ0v) is 11.5. The Morgan fingerprint density at radius 1 is 1.16 bits per heavy atom. The Bertz CT molecular complexity index is 405. The highest BCUT2D eigenvalue weighted by molar-refractivity contribution is 6.02. The van der Waals surface area contributed by atoms with E-state index in [0.717, 1.165) is 25.8 Å². The van der Waals surface area contributed by atoms with Gasteiger partial charge >= 0.3 is 5.97 Å². The largest absolute Gasteiger partial charge is 0.480 e. The molecule has 2 bridgehead atoms. The second kappa shape index (κ2) is 4.47. The molecule has 2 aliphatic heterocycles. The third kappa shape index (κ3) is 1.86. The summed E-state index contributed by atoms with van der Waals surface area (Å²) in [6.07, 6.45) is 5.22. The van der Waals surface area contributed by atoms with Crippen molar-refractivity contribution in [2.75, 3.05) is 20.1 Å². The molecule has 0 spiro atoms. The molecule has 3 fully saturated rings. The Balaban J connectivity index is 1.76. The predicted octanol–water partition coefficient (Wildman–Crippen LogP) is 0.936. The number of aliphatic carboxylic acids is 1. The smallest absolute Gasteiger partial charge is 0.319 e. The molecule has 19 heavy (non-hydrogen) atoms. The van der Waals surface area contributed by atoms with Gasteiger partial charge in [-0.2, -0.15) is 0 Å². The normalized spacial score (nSPS) is 33.6. The highest BCUT2D eigenvalue weighted by Gasteiger charge is 2.53. The molecule has 3 rings (SSSR count). The van der Waals surface area contributed by atoms with Gasteiger partial charge in [0.25, 0.3) is 0 Å². The van der Waals surface area contributed by atoms with Crippen molar-refractivity contribution < 1.29 is 14.7 Å². The first-order valence-electron chi connectivity index (χ1n) is 7.29. The molecule has 2 unspecified atom stereocenters. The fraction of sp³-hybridized carbons (Fsp3) is 0.857. The predicted molar refractivity (Wildman–Crippen MR) is 69.7 cm³/mol. The summed E-state index contributed by atoms with van der Waals surface area (Å²) in [6, 6.07) is 0.993. The molecule has 2 saturated heterocycles. The van der Waals surface area contributed by atoms with Crippen molar-refractivity contribution in [1.82, 2.24) is 9.80 Å². The maximum Gasteiger partial charge on any atom is 0.319 e. The third-order valence-electron chi connectivity index (χ3n) is 5.46. The second-order valence-electron chi connectivity index (χ2n) is 6.33. The van der Waals surface area contributed by atoms with E-state index in [4.69, 9.17) is 0 Å². The highest BCUT2D eigenvalue weighted by atomic mass is 16.4. The number of likely N-dealkylation sites (N-methyl/N-ethyl adjacent to an activating group) is 1. The van der Waals surface area contributed by atoms with E-state index in [1.54, 1.807) is 0 Å². The van der Waals surface area contributed by atoms with Gasteiger partial charge in [0, 0.05) is 25.2 Å². The first-order valence-corrected chi connectivity index (χ1v) is 7.29. The molecular weight excluding hydrogens is 244 g/mol. The van der Waals surface area contributed by atoms with Gasteiger partial charge in [-0.3, -0.25) is 14.5 Å². The van der Waals surface area contributed by atoms with Crippen LogP contribution in [0.15, 0.2) is 0 Å². The zero-order valence-electron chi connectivity index (χ0n) is 11.5. The van der Waals surface area contributed by atoms with Gasteiger partial charge in [0.15, 0.2) is 0 Å². The standard InChI is InChI=1S/C14H22N2O3/c1-15-10-3-4-11(15)9-16(8-5-10)12(17)14(13(18)19)6-2-7-14/h10-11H,2-9H2,1H3,(H,18,19). The molecule has 1 saturated carbocycles. The van der Waals surface area contributed by atoms with Gasteiger partial charge in [0.1, 0.15) is 5.41 Å². The van der Waals surface area contributed by atoms with Crippen LogP contribution in [-0.2, 0) is 9.59 Å². The Kier molecular flexibility index (Phi) is 3.04. The average molecular weight is 266 g/mol. The number of carboxylic acid groups (broad SMARTS) is 1. The molecule has 3 aliphatic rings. The van der Waals surface area contributed by atoms with E-state index in [0.29, 0.717) is 31.5 Å². The maximum absolute atomic E-state index is 12.6. The quantitative estimate of drug-likeness (QED) is 0.756. The minimum Gasteiger partial charge on any atom is -0.480 e. The Morgan fingerprint density at radius 3 is 2.42 bits per heavy atom. The van der Waals surface area contributed by atoms with Crippen LogP contribution in [0.1, 0.15) is 38.5 Å². The number of hydrogen-bond acceptors (Lipinski definition) is 3. The number of rotatable bonds is 2. The Labute approximate surface area is 113 Å². The summed E-state index contributed by atoms with van der Waals surface area (Å²) in [4.78, 5) is 28.2. The van der Waals surface area contributed by atoms with Crippen LogP contribution in [0.25, 0.3) is 0 Å². The second-order valence-corrected chi connectivity index (χ2v) is 6.33. The van der Waals surface area contributed by atoms with E-state index in [1.807, 2.05) is 4.90 Å². The van der Waals surface area contributed by atoms with Gasteiger partial charge in [0.2, 0.25) is 5.91 Å². The van der Waals surface area contributed by atoms with Crippen molar-refractivity contribution in [3.63, 3.8) is 0 Å². The van der Waals surface area contributed by atoms with Crippen molar-refractivity contribution in [3.05, 3.63) is 0 Å². The van der Waals surface area contributed by atoms with E-state index < -0.39 is 11.4 Å². The van der Waals surface area contributed by atoms with Gasteiger partial charge in [-0.05, 0) is 39.2 Å². The summed E-state index contributed by atoms with van der Waals surface area (Å²) in [7, 11) is 2.13. The first-order chi connectivity index (χ1) is 9.04. The number of nitrogens with zero attached hydrogens (tertiary/aromatic N) is 2. The summed E-state index contributed by atoms with van der Waals surface area (Å²) < 4.78 is 0. The van der Waals surface area contributed by atoms with E-state index >= 15 is 0 Å². The summed E-state index contributed by atoms with van der Waals surface area (Å²) >= 11 is 0. The molecule has 2 atom stereocenters. The molecular formula is C14H22N2O3. The van der Waals surface area contributed by atoms with Crippen LogP contribution < -0.4 is 0 Å². The summed E-state index contributed by atoms with van der Waals surface area (Å²) in [5.74, 6) is -1.06. The van der Waals surface area contributed by atoms with E-state index in [-0.39, 0.29) is 5.91 Å². The maximum atomic E-state index is 12.6. The Hall–Kier alpha value is -1.10. The van der Waals surface area contributed by atoms with Crippen LogP contribution in [0.3, 0.4) is 0 Å². The topological polar surface area (TPSA) is 60.9 Å². The molecule has 0 aromatic carbocycles. The van der Waals surface area contributed by atoms with Gasteiger partial charge in [-0.25, -0.2) is 0 Å². The number of likely N-dealkylation sites (tertiary alicyclic amines) is 1. The summed E-state index contributed by atoms with van der Waals surface area (Å²) in [5, 5.41) is 9.38. The molecule has 1 N–H and O–H groups in total. The molecule has 1 aliphatic carbocycles. The van der Waals surface area contributed by atoms with Crippen molar-refractivity contribution >= 4 is 11.9 Å². The van der Waals surface area contributed by atoms with Crippen molar-refractivity contribution in [2.24, 2.45) is 5.41 Å². The van der Waals surface area contributed by atoms with Crippen molar-refractivity contribution in [1.29, 1.82) is 0 Å². The van der Waals surface area contributed by atoms with Crippen LogP contribution in [-0.4, -0.2) is 59.0 Å². The van der Waals surface area contributed by atoms with E-state index in [9.17, 15) is 14.7 Å². The lowest BCUT2D eigenvalue weighted by molar-refractivity contribution is -0.167. The zero-order chi connectivity index (χ0) is 13.6. The lowest BCUT2D eigenvalue weighted by Crippen LogP contribution is -2.54. The fourth-order valence-electron chi connectivity index (χ4n) is 3.85. The molecule has 0 aromatic rings. The van der Waals surface area contributed by atoms with Crippen molar-refractivity contribution in [3.8, 4) is 0 Å². The summed E-state index contributed by atoms with van der Waals surface area (Å²) in [5.41, 5.74) is -1.10. The number of carbonyl (C=O) groups excluding carboxylic acids is 1. The molecule has 1 amide bonds. The number of fused-ring (bicyclic) bond motifs is 2. The Morgan fingerprint density at radius 2 is 1.84 bits per heavy atom. The van der Waals surface area contributed by atoms with Crippen LogP contribution >= 0.6 is 0 Å². The van der Waals surface area contributed by atoms with E-state index in [2.05, 4.69) is 11.9 Å². The summed E-state index contributed by atoms with van der Waals surface area (Å²) in [6.45, 7) is 1.43. The molecule has 0 radical (unpaired) electrons. The lowest BCUT2D eigenvalue weighted by atomic mass is 9.67. The SMILES string of the molecule is CN1C2CCC1CN(C(=O)C1(C(=O)O)CCC1)CC2. The van der Waals surface area contributed by atoms with Gasteiger partial charge in [0.05, 0.1) is 0 Å². The highest BCUT2D eigenvalue weighted by Crippen LogP contribution is 2.43. The molecule has 0 aromatic heterocycles. The monoisotopic (exact) mass is 266 g/mol. The van der Waals surface area contributed by atoms with Gasteiger partial charge in [-0.15, -0.1) is 0 Å². The van der Waals surface area contributed by atoms with Crippen molar-refractivity contribution in [2.45, 2.75) is 50.6 Å². The first kappa shape index (κ1) is 12.9. The minimum absolute atomic E-state index is 0.132. The number of carbonyl (C=O) groups is 2. The number of amides is 1.